The summed E-state index contributed by atoms with van der Waals surface area (Å²) in [6, 6.07) is 5.22. The lowest BCUT2D eigenvalue weighted by atomic mass is 10.1. The van der Waals surface area contributed by atoms with E-state index in [0.29, 0.717) is 36.7 Å². The topological polar surface area (TPSA) is 59.1 Å². The van der Waals surface area contributed by atoms with Crippen LogP contribution in [0.25, 0.3) is 0 Å². The van der Waals surface area contributed by atoms with Crippen molar-refractivity contribution in [3.05, 3.63) is 23.8 Å². The molecule has 0 spiro atoms. The third-order valence-corrected chi connectivity index (χ3v) is 4.66. The maximum absolute atomic E-state index is 12.9. The third kappa shape index (κ3) is 3.47. The third-order valence-electron chi connectivity index (χ3n) is 4.66. The van der Waals surface area contributed by atoms with Crippen molar-refractivity contribution in [2.75, 3.05) is 40.4 Å². The standard InChI is InChI=1S/C18H24N2O4/c1-23-14-6-7-16(24-2)15(12-14)18(22)20-9-3-8-19(10-11-20)17(21)13-4-5-13/h6-7,12-13H,3-5,8-11H2,1-2H3. The molecule has 0 radical (unpaired) electrons. The first-order valence-corrected chi connectivity index (χ1v) is 8.44. The average Bonchev–Trinajstić information content (AvgIpc) is 3.46. The molecule has 1 aliphatic carbocycles. The minimum atomic E-state index is -0.0773. The number of carbonyl (C=O) groups excluding carboxylic acids is 2. The predicted octanol–water partition coefficient (Wildman–Crippen LogP) is 1.79. The highest BCUT2D eigenvalue weighted by Gasteiger charge is 2.34. The Kier molecular flexibility index (Phi) is 4.92. The van der Waals surface area contributed by atoms with Crippen LogP contribution in [0.5, 0.6) is 11.5 Å². The van der Waals surface area contributed by atoms with Gasteiger partial charge in [-0.05, 0) is 37.5 Å². The van der Waals surface area contributed by atoms with Gasteiger partial charge in [-0.1, -0.05) is 0 Å². The minimum Gasteiger partial charge on any atom is -0.497 e. The van der Waals surface area contributed by atoms with Crippen LogP contribution in [0.4, 0.5) is 0 Å². The number of ether oxygens (including phenoxy) is 2. The number of amides is 2. The summed E-state index contributed by atoms with van der Waals surface area (Å²) in [6.45, 7) is 2.53. The Hall–Kier alpha value is -2.24. The van der Waals surface area contributed by atoms with Gasteiger partial charge in [-0.3, -0.25) is 9.59 Å². The van der Waals surface area contributed by atoms with Crippen LogP contribution in [0.2, 0.25) is 0 Å². The lowest BCUT2D eigenvalue weighted by Crippen LogP contribution is -2.38. The molecule has 24 heavy (non-hydrogen) atoms. The first kappa shape index (κ1) is 16.6. The summed E-state index contributed by atoms with van der Waals surface area (Å²) in [5.74, 6) is 1.57. The first-order valence-electron chi connectivity index (χ1n) is 8.44. The molecule has 1 saturated heterocycles. The number of hydrogen-bond donors (Lipinski definition) is 0. The quantitative estimate of drug-likeness (QED) is 0.843. The smallest absolute Gasteiger partial charge is 0.257 e. The maximum atomic E-state index is 12.9. The zero-order valence-electron chi connectivity index (χ0n) is 14.3. The molecule has 6 heteroatoms. The molecule has 1 heterocycles. The molecule has 6 nitrogen and oxygen atoms in total. The van der Waals surface area contributed by atoms with Crippen LogP contribution in [-0.4, -0.2) is 62.0 Å². The van der Waals surface area contributed by atoms with Crippen LogP contribution >= 0.6 is 0 Å². The van der Waals surface area contributed by atoms with Crippen LogP contribution in [0.15, 0.2) is 18.2 Å². The Morgan fingerprint density at radius 2 is 1.71 bits per heavy atom. The van der Waals surface area contributed by atoms with Gasteiger partial charge in [0.25, 0.3) is 5.91 Å². The molecule has 0 bridgehead atoms. The van der Waals surface area contributed by atoms with E-state index < -0.39 is 0 Å². The fourth-order valence-electron chi connectivity index (χ4n) is 3.08. The van der Waals surface area contributed by atoms with Gasteiger partial charge in [-0.2, -0.15) is 0 Å². The van der Waals surface area contributed by atoms with Crippen LogP contribution in [-0.2, 0) is 4.79 Å². The highest BCUT2D eigenvalue weighted by Crippen LogP contribution is 2.31. The SMILES string of the molecule is COc1ccc(OC)c(C(=O)N2CCCN(C(=O)C3CC3)CC2)c1. The summed E-state index contributed by atoms with van der Waals surface area (Å²) >= 11 is 0. The largest absolute Gasteiger partial charge is 0.497 e. The molecular formula is C18H24N2O4. The van der Waals surface area contributed by atoms with Crippen LogP contribution in [0.3, 0.4) is 0 Å². The van der Waals surface area contributed by atoms with Crippen LogP contribution in [0.1, 0.15) is 29.6 Å². The van der Waals surface area contributed by atoms with E-state index >= 15 is 0 Å². The van der Waals surface area contributed by atoms with E-state index in [1.165, 1.54) is 0 Å². The summed E-state index contributed by atoms with van der Waals surface area (Å²) in [6.07, 6.45) is 2.83. The fourth-order valence-corrected chi connectivity index (χ4v) is 3.08. The van der Waals surface area contributed by atoms with Crippen molar-refractivity contribution in [3.8, 4) is 11.5 Å². The van der Waals surface area contributed by atoms with Gasteiger partial charge in [-0.15, -0.1) is 0 Å². The summed E-state index contributed by atoms with van der Waals surface area (Å²) in [5, 5.41) is 0. The Bertz CT molecular complexity index is 627. The maximum Gasteiger partial charge on any atom is 0.257 e. The van der Waals surface area contributed by atoms with Crippen molar-refractivity contribution in [1.82, 2.24) is 9.80 Å². The summed E-state index contributed by atoms with van der Waals surface area (Å²) in [7, 11) is 3.13. The van der Waals surface area contributed by atoms with Gasteiger partial charge in [0.2, 0.25) is 5.91 Å². The zero-order chi connectivity index (χ0) is 17.1. The number of carbonyl (C=O) groups is 2. The van der Waals surface area contributed by atoms with Crippen molar-refractivity contribution in [1.29, 1.82) is 0 Å². The normalized spacial score (nSPS) is 18.1. The Labute approximate surface area is 142 Å². The van der Waals surface area contributed by atoms with E-state index in [4.69, 9.17) is 9.47 Å². The molecular weight excluding hydrogens is 308 g/mol. The zero-order valence-corrected chi connectivity index (χ0v) is 14.3. The van der Waals surface area contributed by atoms with E-state index in [-0.39, 0.29) is 17.7 Å². The van der Waals surface area contributed by atoms with Gasteiger partial charge in [-0.25, -0.2) is 0 Å². The van der Waals surface area contributed by atoms with E-state index in [0.717, 1.165) is 25.8 Å². The van der Waals surface area contributed by atoms with E-state index in [1.54, 1.807) is 37.3 Å². The summed E-state index contributed by atoms with van der Waals surface area (Å²) in [4.78, 5) is 28.9. The van der Waals surface area contributed by atoms with Crippen molar-refractivity contribution in [2.24, 2.45) is 5.92 Å². The first-order chi connectivity index (χ1) is 11.6. The molecule has 1 aromatic carbocycles. The second kappa shape index (κ2) is 7.11. The Morgan fingerprint density at radius 1 is 1.00 bits per heavy atom. The predicted molar refractivity (Wildman–Crippen MR) is 89.4 cm³/mol. The molecule has 1 saturated carbocycles. The van der Waals surface area contributed by atoms with Gasteiger partial charge in [0.15, 0.2) is 0 Å². The minimum absolute atomic E-state index is 0.0773. The second-order valence-electron chi connectivity index (χ2n) is 6.31. The summed E-state index contributed by atoms with van der Waals surface area (Å²) < 4.78 is 10.5. The number of methoxy groups -OCH3 is 2. The molecule has 1 aromatic rings. The average molecular weight is 332 g/mol. The number of hydrogen-bond acceptors (Lipinski definition) is 4. The molecule has 2 amide bonds. The van der Waals surface area contributed by atoms with Gasteiger partial charge in [0.05, 0.1) is 19.8 Å². The van der Waals surface area contributed by atoms with E-state index in [1.807, 2.05) is 4.90 Å². The monoisotopic (exact) mass is 332 g/mol. The van der Waals surface area contributed by atoms with E-state index in [2.05, 4.69) is 0 Å². The van der Waals surface area contributed by atoms with Crippen molar-refractivity contribution < 1.29 is 19.1 Å². The van der Waals surface area contributed by atoms with Gasteiger partial charge < -0.3 is 19.3 Å². The second-order valence-corrected chi connectivity index (χ2v) is 6.31. The number of benzene rings is 1. The van der Waals surface area contributed by atoms with Gasteiger partial charge in [0.1, 0.15) is 11.5 Å². The van der Waals surface area contributed by atoms with E-state index in [9.17, 15) is 9.59 Å². The van der Waals surface area contributed by atoms with Crippen LogP contribution < -0.4 is 9.47 Å². The van der Waals surface area contributed by atoms with Crippen molar-refractivity contribution >= 4 is 11.8 Å². The van der Waals surface area contributed by atoms with Crippen LogP contribution in [0, 0.1) is 5.92 Å². The molecule has 1 aliphatic heterocycles. The molecule has 2 fully saturated rings. The molecule has 130 valence electrons. The Morgan fingerprint density at radius 3 is 2.38 bits per heavy atom. The molecule has 0 unspecified atom stereocenters. The number of rotatable bonds is 4. The molecule has 0 atom stereocenters. The molecule has 3 rings (SSSR count). The fraction of sp³-hybridized carbons (Fsp3) is 0.556. The van der Waals surface area contributed by atoms with Crippen molar-refractivity contribution in [3.63, 3.8) is 0 Å². The summed E-state index contributed by atoms with van der Waals surface area (Å²) in [5.41, 5.74) is 0.499. The van der Waals surface area contributed by atoms with Gasteiger partial charge in [0, 0.05) is 32.1 Å². The highest BCUT2D eigenvalue weighted by molar-refractivity contribution is 5.97. The number of nitrogens with zero attached hydrogens (tertiary/aromatic N) is 2. The Balaban J connectivity index is 1.72. The molecule has 0 N–H and O–H groups in total. The lowest BCUT2D eigenvalue weighted by Gasteiger charge is -2.23. The van der Waals surface area contributed by atoms with Gasteiger partial charge >= 0.3 is 0 Å². The highest BCUT2D eigenvalue weighted by atomic mass is 16.5. The van der Waals surface area contributed by atoms with Crippen molar-refractivity contribution in [2.45, 2.75) is 19.3 Å². The molecule has 0 aromatic heterocycles. The lowest BCUT2D eigenvalue weighted by molar-refractivity contribution is -0.132. The molecule has 2 aliphatic rings.